The SMILES string of the molecule is Cc1ccc(NC(=O)CSc2nnc(CNc3ccc(Cl)cc3)n2-c2ccccc2)cc1[N+](=O)[O-]. The Bertz CT molecular complexity index is 1350. The normalized spacial score (nSPS) is 10.7. The molecule has 0 unspecified atom stereocenters. The number of amides is 1. The van der Waals surface area contributed by atoms with Crippen molar-refractivity contribution in [2.45, 2.75) is 18.6 Å². The van der Waals surface area contributed by atoms with Crippen molar-refractivity contribution in [1.29, 1.82) is 0 Å². The molecule has 0 spiro atoms. The van der Waals surface area contributed by atoms with Crippen LogP contribution in [0.25, 0.3) is 5.69 Å². The Labute approximate surface area is 210 Å². The molecule has 4 aromatic rings. The highest BCUT2D eigenvalue weighted by molar-refractivity contribution is 7.99. The number of nitro groups is 1. The second kappa shape index (κ2) is 11.0. The summed E-state index contributed by atoms with van der Waals surface area (Å²) >= 11 is 7.18. The first-order valence-corrected chi connectivity index (χ1v) is 11.9. The van der Waals surface area contributed by atoms with E-state index in [9.17, 15) is 14.9 Å². The number of carbonyl (C=O) groups is 1. The number of nitrogens with one attached hydrogen (secondary N) is 2. The summed E-state index contributed by atoms with van der Waals surface area (Å²) < 4.78 is 1.89. The third kappa shape index (κ3) is 6.17. The van der Waals surface area contributed by atoms with E-state index in [1.54, 1.807) is 31.2 Å². The second-order valence-electron chi connectivity index (χ2n) is 7.53. The van der Waals surface area contributed by atoms with Crippen LogP contribution in [0.2, 0.25) is 5.02 Å². The minimum Gasteiger partial charge on any atom is -0.378 e. The van der Waals surface area contributed by atoms with Gasteiger partial charge >= 0.3 is 0 Å². The Balaban J connectivity index is 1.48. The zero-order valence-corrected chi connectivity index (χ0v) is 20.2. The van der Waals surface area contributed by atoms with Gasteiger partial charge in [0.15, 0.2) is 11.0 Å². The molecular weight excluding hydrogens is 488 g/mol. The van der Waals surface area contributed by atoms with Gasteiger partial charge in [0.1, 0.15) is 0 Å². The van der Waals surface area contributed by atoms with Crippen LogP contribution >= 0.6 is 23.4 Å². The number of hydrogen-bond acceptors (Lipinski definition) is 7. The van der Waals surface area contributed by atoms with Crippen LogP contribution in [0.15, 0.2) is 78.0 Å². The number of rotatable bonds is 9. The lowest BCUT2D eigenvalue weighted by molar-refractivity contribution is -0.385. The van der Waals surface area contributed by atoms with E-state index in [1.165, 1.54) is 17.8 Å². The summed E-state index contributed by atoms with van der Waals surface area (Å²) in [6.07, 6.45) is 0. The molecule has 1 aromatic heterocycles. The zero-order valence-electron chi connectivity index (χ0n) is 18.6. The van der Waals surface area contributed by atoms with Crippen molar-refractivity contribution in [3.05, 3.63) is 99.3 Å². The van der Waals surface area contributed by atoms with E-state index in [1.807, 2.05) is 47.0 Å². The second-order valence-corrected chi connectivity index (χ2v) is 8.90. The Hall–Kier alpha value is -3.89. The van der Waals surface area contributed by atoms with Gasteiger partial charge in [-0.3, -0.25) is 19.5 Å². The van der Waals surface area contributed by atoms with Crippen LogP contribution in [0, 0.1) is 17.0 Å². The molecular formula is C24H21ClN6O3S. The van der Waals surface area contributed by atoms with Crippen LogP contribution < -0.4 is 10.6 Å². The van der Waals surface area contributed by atoms with Crippen LogP contribution in [0.1, 0.15) is 11.4 Å². The number of hydrogen-bond donors (Lipinski definition) is 2. The van der Waals surface area contributed by atoms with Gasteiger partial charge in [0.25, 0.3) is 5.69 Å². The summed E-state index contributed by atoms with van der Waals surface area (Å²) in [6.45, 7) is 2.05. The van der Waals surface area contributed by atoms with Crippen molar-refractivity contribution in [3.63, 3.8) is 0 Å². The maximum atomic E-state index is 12.6. The maximum absolute atomic E-state index is 12.6. The first-order valence-electron chi connectivity index (χ1n) is 10.6. The lowest BCUT2D eigenvalue weighted by Gasteiger charge is -2.11. The third-order valence-corrected chi connectivity index (χ3v) is 6.21. The Kier molecular flexibility index (Phi) is 7.64. The number of aryl methyl sites for hydroxylation is 1. The molecule has 0 aliphatic rings. The number of nitro benzene ring substituents is 1. The molecule has 0 aliphatic carbocycles. The fourth-order valence-electron chi connectivity index (χ4n) is 3.30. The summed E-state index contributed by atoms with van der Waals surface area (Å²) in [5, 5.41) is 27.0. The first kappa shape index (κ1) is 24.2. The topological polar surface area (TPSA) is 115 Å². The Morgan fingerprint density at radius 3 is 2.49 bits per heavy atom. The summed E-state index contributed by atoms with van der Waals surface area (Å²) in [6, 6.07) is 21.6. The molecule has 0 atom stereocenters. The van der Waals surface area contributed by atoms with E-state index in [4.69, 9.17) is 11.6 Å². The molecule has 0 bridgehead atoms. The van der Waals surface area contributed by atoms with Gasteiger partial charge in [0.2, 0.25) is 5.91 Å². The summed E-state index contributed by atoms with van der Waals surface area (Å²) in [7, 11) is 0. The fourth-order valence-corrected chi connectivity index (χ4v) is 4.20. The fraction of sp³-hybridized carbons (Fsp3) is 0.125. The van der Waals surface area contributed by atoms with E-state index >= 15 is 0 Å². The van der Waals surface area contributed by atoms with Crippen molar-refractivity contribution in [3.8, 4) is 5.69 Å². The minimum atomic E-state index is -0.471. The van der Waals surface area contributed by atoms with E-state index in [2.05, 4.69) is 20.8 Å². The third-order valence-electron chi connectivity index (χ3n) is 5.03. The highest BCUT2D eigenvalue weighted by atomic mass is 35.5. The van der Waals surface area contributed by atoms with E-state index in [-0.39, 0.29) is 17.3 Å². The maximum Gasteiger partial charge on any atom is 0.274 e. The lowest BCUT2D eigenvalue weighted by Crippen LogP contribution is -2.15. The van der Waals surface area contributed by atoms with Gasteiger partial charge in [0.05, 0.1) is 17.2 Å². The number of aromatic nitrogens is 3. The lowest BCUT2D eigenvalue weighted by atomic mass is 10.2. The largest absolute Gasteiger partial charge is 0.378 e. The van der Waals surface area contributed by atoms with Crippen molar-refractivity contribution in [2.24, 2.45) is 0 Å². The molecule has 3 aromatic carbocycles. The van der Waals surface area contributed by atoms with Gasteiger partial charge in [-0.05, 0) is 49.4 Å². The smallest absolute Gasteiger partial charge is 0.274 e. The van der Waals surface area contributed by atoms with Crippen LogP contribution in [0.5, 0.6) is 0 Å². The molecule has 2 N–H and O–H groups in total. The van der Waals surface area contributed by atoms with Gasteiger partial charge < -0.3 is 10.6 Å². The molecule has 1 heterocycles. The van der Waals surface area contributed by atoms with E-state index in [0.717, 1.165) is 11.4 Å². The summed E-state index contributed by atoms with van der Waals surface area (Å²) in [5.41, 5.74) is 2.60. The molecule has 1 amide bonds. The molecule has 0 saturated heterocycles. The van der Waals surface area contributed by atoms with E-state index in [0.29, 0.717) is 33.8 Å². The summed E-state index contributed by atoms with van der Waals surface area (Å²) in [4.78, 5) is 23.3. The predicted molar refractivity (Wildman–Crippen MR) is 137 cm³/mol. The average Bonchev–Trinajstić information content (AvgIpc) is 3.27. The zero-order chi connectivity index (χ0) is 24.8. The van der Waals surface area contributed by atoms with Crippen LogP contribution in [-0.2, 0) is 11.3 Å². The number of anilines is 2. The molecule has 11 heteroatoms. The predicted octanol–water partition coefficient (Wildman–Crippen LogP) is 5.48. The van der Waals surface area contributed by atoms with Crippen molar-refractivity contribution < 1.29 is 9.72 Å². The minimum absolute atomic E-state index is 0.0443. The molecule has 9 nitrogen and oxygen atoms in total. The molecule has 0 aliphatic heterocycles. The van der Waals surface area contributed by atoms with Crippen LogP contribution in [0.4, 0.5) is 17.1 Å². The highest BCUT2D eigenvalue weighted by Gasteiger charge is 2.17. The highest BCUT2D eigenvalue weighted by Crippen LogP contribution is 2.25. The van der Waals surface area contributed by atoms with Crippen LogP contribution in [0.3, 0.4) is 0 Å². The van der Waals surface area contributed by atoms with E-state index < -0.39 is 4.92 Å². The number of para-hydroxylation sites is 1. The Morgan fingerprint density at radius 2 is 1.77 bits per heavy atom. The molecule has 178 valence electrons. The van der Waals surface area contributed by atoms with Gasteiger partial charge in [-0.1, -0.05) is 47.6 Å². The van der Waals surface area contributed by atoms with Gasteiger partial charge in [-0.25, -0.2) is 0 Å². The van der Waals surface area contributed by atoms with Crippen molar-refractivity contribution >= 4 is 46.3 Å². The number of nitrogens with zero attached hydrogens (tertiary/aromatic N) is 4. The van der Waals surface area contributed by atoms with Gasteiger partial charge in [-0.2, -0.15) is 0 Å². The first-order chi connectivity index (χ1) is 16.9. The molecule has 4 rings (SSSR count). The van der Waals surface area contributed by atoms with Crippen LogP contribution in [-0.4, -0.2) is 31.3 Å². The number of carbonyl (C=O) groups excluding carboxylic acids is 1. The average molecular weight is 509 g/mol. The standard InChI is InChI=1S/C24H21ClN6O3S/c1-16-7-10-19(13-21(16)31(33)34)27-23(32)15-35-24-29-28-22(30(24)20-5-3-2-4-6-20)14-26-18-11-8-17(25)9-12-18/h2-13,26H,14-15H2,1H3,(H,27,32). The number of halogens is 1. The van der Waals surface area contributed by atoms with Crippen molar-refractivity contribution in [2.75, 3.05) is 16.4 Å². The number of thioether (sulfide) groups is 1. The molecule has 0 saturated carbocycles. The van der Waals surface area contributed by atoms with Gasteiger partial charge in [-0.15, -0.1) is 10.2 Å². The monoisotopic (exact) mass is 508 g/mol. The quantitative estimate of drug-likeness (QED) is 0.175. The van der Waals surface area contributed by atoms with Gasteiger partial charge in [0, 0.05) is 33.7 Å². The van der Waals surface area contributed by atoms with Crippen molar-refractivity contribution in [1.82, 2.24) is 14.8 Å². The number of benzene rings is 3. The molecule has 0 fully saturated rings. The molecule has 0 radical (unpaired) electrons. The Morgan fingerprint density at radius 1 is 1.06 bits per heavy atom. The molecule has 35 heavy (non-hydrogen) atoms. The summed E-state index contributed by atoms with van der Waals surface area (Å²) in [5.74, 6) is 0.414.